The number of hydrogen-bond acceptors (Lipinski definition) is 2. The predicted octanol–water partition coefficient (Wildman–Crippen LogP) is 3.93. The molecule has 0 fully saturated rings. The maximum Gasteiger partial charge on any atom is 0.224 e. The normalized spacial score (nSPS) is 12.2. The Morgan fingerprint density at radius 2 is 2.05 bits per heavy atom. The first-order chi connectivity index (χ1) is 9.17. The smallest absolute Gasteiger partial charge is 0.224 e. The number of nitrogens with one attached hydrogen (secondary N) is 1. The number of para-hydroxylation sites is 1. The number of anilines is 1. The third-order valence-corrected chi connectivity index (χ3v) is 3.89. The zero-order valence-electron chi connectivity index (χ0n) is 11.5. The largest absolute Gasteiger partial charge is 0.330 e. The molecule has 19 heavy (non-hydrogen) atoms. The van der Waals surface area contributed by atoms with Gasteiger partial charge in [0.25, 0.3) is 0 Å². The van der Waals surface area contributed by atoms with E-state index in [1.54, 1.807) is 0 Å². The zero-order chi connectivity index (χ0) is 14.1. The third kappa shape index (κ3) is 6.21. The Labute approximate surface area is 124 Å². The number of rotatable bonds is 8. The third-order valence-electron chi connectivity index (χ3n) is 3.20. The summed E-state index contributed by atoms with van der Waals surface area (Å²) in [4.78, 5) is 11.9. The van der Waals surface area contributed by atoms with Gasteiger partial charge >= 0.3 is 0 Å². The molecule has 3 N–H and O–H groups in total. The van der Waals surface area contributed by atoms with Crippen LogP contribution in [0.15, 0.2) is 28.7 Å². The second-order valence-corrected chi connectivity index (χ2v) is 5.65. The molecule has 1 aromatic rings. The van der Waals surface area contributed by atoms with Crippen LogP contribution in [0.25, 0.3) is 0 Å². The van der Waals surface area contributed by atoms with Gasteiger partial charge in [-0.2, -0.15) is 0 Å². The van der Waals surface area contributed by atoms with Gasteiger partial charge in [0.05, 0.1) is 5.69 Å². The Hall–Kier alpha value is -0.870. The van der Waals surface area contributed by atoms with Crippen LogP contribution in [0.4, 0.5) is 5.69 Å². The first kappa shape index (κ1) is 16.2. The Bertz CT molecular complexity index is 389. The molecule has 0 saturated heterocycles. The van der Waals surface area contributed by atoms with Crippen LogP contribution in [0.2, 0.25) is 0 Å². The molecule has 106 valence electrons. The summed E-state index contributed by atoms with van der Waals surface area (Å²) >= 11 is 3.42. The molecule has 0 heterocycles. The molecule has 4 heteroatoms. The van der Waals surface area contributed by atoms with Gasteiger partial charge in [0.15, 0.2) is 0 Å². The number of benzene rings is 1. The number of hydrogen-bond donors (Lipinski definition) is 2. The maximum absolute atomic E-state index is 11.9. The van der Waals surface area contributed by atoms with E-state index in [-0.39, 0.29) is 5.91 Å². The number of carbonyl (C=O) groups excluding carboxylic acids is 1. The van der Waals surface area contributed by atoms with Crippen molar-refractivity contribution in [1.82, 2.24) is 0 Å². The minimum atomic E-state index is 0.0741. The fourth-order valence-electron chi connectivity index (χ4n) is 2.19. The fraction of sp³-hybridized carbons (Fsp3) is 0.533. The Balaban J connectivity index is 2.40. The highest BCUT2D eigenvalue weighted by Gasteiger charge is 2.11. The van der Waals surface area contributed by atoms with Crippen LogP contribution in [0.1, 0.15) is 39.0 Å². The van der Waals surface area contributed by atoms with Gasteiger partial charge < -0.3 is 11.1 Å². The summed E-state index contributed by atoms with van der Waals surface area (Å²) in [5, 5.41) is 2.93. The van der Waals surface area contributed by atoms with E-state index in [9.17, 15) is 4.79 Å². The molecule has 1 atom stereocenters. The number of carbonyl (C=O) groups is 1. The van der Waals surface area contributed by atoms with Crippen LogP contribution in [0.3, 0.4) is 0 Å². The molecule has 1 rings (SSSR count). The molecule has 0 aliphatic rings. The van der Waals surface area contributed by atoms with E-state index in [0.29, 0.717) is 18.9 Å². The Kier molecular flexibility index (Phi) is 7.75. The highest BCUT2D eigenvalue weighted by atomic mass is 79.9. The molecule has 1 amide bonds. The second kappa shape index (κ2) is 9.10. The van der Waals surface area contributed by atoms with Crippen molar-refractivity contribution in [2.24, 2.45) is 11.7 Å². The minimum Gasteiger partial charge on any atom is -0.330 e. The Morgan fingerprint density at radius 3 is 2.68 bits per heavy atom. The summed E-state index contributed by atoms with van der Waals surface area (Å²) in [6.45, 7) is 2.88. The second-order valence-electron chi connectivity index (χ2n) is 4.80. The van der Waals surface area contributed by atoms with E-state index in [4.69, 9.17) is 5.73 Å². The summed E-state index contributed by atoms with van der Waals surface area (Å²) in [5.41, 5.74) is 6.43. The molecule has 0 aliphatic heterocycles. The van der Waals surface area contributed by atoms with Crippen LogP contribution in [0.5, 0.6) is 0 Å². The van der Waals surface area contributed by atoms with Gasteiger partial charge in [-0.3, -0.25) is 4.79 Å². The fourth-order valence-corrected chi connectivity index (χ4v) is 2.57. The average Bonchev–Trinajstić information content (AvgIpc) is 2.39. The van der Waals surface area contributed by atoms with Gasteiger partial charge in [-0.25, -0.2) is 0 Å². The lowest BCUT2D eigenvalue weighted by Gasteiger charge is -2.15. The standard InChI is InChI=1S/C15H23BrN2O/c1-2-5-12(10-11-17)8-9-15(19)18-14-7-4-3-6-13(14)16/h3-4,6-7,12H,2,5,8-11,17H2,1H3,(H,18,19). The first-order valence-corrected chi connectivity index (χ1v) is 7.71. The predicted molar refractivity (Wildman–Crippen MR) is 84.1 cm³/mol. The lowest BCUT2D eigenvalue weighted by atomic mass is 9.94. The van der Waals surface area contributed by atoms with Crippen molar-refractivity contribution >= 4 is 27.5 Å². The van der Waals surface area contributed by atoms with Crippen molar-refractivity contribution < 1.29 is 4.79 Å². The number of halogens is 1. The van der Waals surface area contributed by atoms with Gasteiger partial charge in [-0.15, -0.1) is 0 Å². The van der Waals surface area contributed by atoms with Gasteiger partial charge in [0, 0.05) is 10.9 Å². The molecule has 3 nitrogen and oxygen atoms in total. The van der Waals surface area contributed by atoms with Crippen molar-refractivity contribution in [3.05, 3.63) is 28.7 Å². The molecule has 1 unspecified atom stereocenters. The van der Waals surface area contributed by atoms with Crippen molar-refractivity contribution in [3.63, 3.8) is 0 Å². The molecule has 0 saturated carbocycles. The lowest BCUT2D eigenvalue weighted by molar-refractivity contribution is -0.116. The monoisotopic (exact) mass is 326 g/mol. The van der Waals surface area contributed by atoms with Crippen molar-refractivity contribution in [3.8, 4) is 0 Å². The molecule has 1 aromatic carbocycles. The highest BCUT2D eigenvalue weighted by molar-refractivity contribution is 9.10. The molecule has 0 aliphatic carbocycles. The summed E-state index contributed by atoms with van der Waals surface area (Å²) in [5.74, 6) is 0.644. The number of nitrogens with two attached hydrogens (primary N) is 1. The van der Waals surface area contributed by atoms with Gasteiger partial charge in [0.1, 0.15) is 0 Å². The van der Waals surface area contributed by atoms with Crippen molar-refractivity contribution in [1.29, 1.82) is 0 Å². The van der Waals surface area contributed by atoms with Crippen LogP contribution >= 0.6 is 15.9 Å². The van der Waals surface area contributed by atoms with E-state index in [1.165, 1.54) is 0 Å². The molecule has 0 bridgehead atoms. The molecular weight excluding hydrogens is 304 g/mol. The van der Waals surface area contributed by atoms with E-state index in [2.05, 4.69) is 28.2 Å². The van der Waals surface area contributed by atoms with Crippen molar-refractivity contribution in [2.75, 3.05) is 11.9 Å². The summed E-state index contributed by atoms with van der Waals surface area (Å²) < 4.78 is 0.912. The SMILES string of the molecule is CCCC(CCN)CCC(=O)Nc1ccccc1Br. The topological polar surface area (TPSA) is 55.1 Å². The quantitative estimate of drug-likeness (QED) is 0.760. The zero-order valence-corrected chi connectivity index (χ0v) is 13.1. The molecule has 0 spiro atoms. The number of amides is 1. The van der Waals surface area contributed by atoms with Crippen molar-refractivity contribution in [2.45, 2.75) is 39.0 Å². The van der Waals surface area contributed by atoms with E-state index < -0.39 is 0 Å². The van der Waals surface area contributed by atoms with Crippen LogP contribution in [0, 0.1) is 5.92 Å². The first-order valence-electron chi connectivity index (χ1n) is 6.91. The van der Waals surface area contributed by atoms with Gasteiger partial charge in [-0.1, -0.05) is 31.9 Å². The van der Waals surface area contributed by atoms with E-state index in [1.807, 2.05) is 24.3 Å². The van der Waals surface area contributed by atoms with Crippen LogP contribution in [-0.4, -0.2) is 12.5 Å². The lowest BCUT2D eigenvalue weighted by Crippen LogP contribution is -2.15. The van der Waals surface area contributed by atoms with Gasteiger partial charge in [-0.05, 0) is 53.4 Å². The van der Waals surface area contributed by atoms with Gasteiger partial charge in [0.2, 0.25) is 5.91 Å². The van der Waals surface area contributed by atoms with E-state index in [0.717, 1.165) is 35.8 Å². The molecule has 0 radical (unpaired) electrons. The molecule has 0 aromatic heterocycles. The highest BCUT2D eigenvalue weighted by Crippen LogP contribution is 2.22. The Morgan fingerprint density at radius 1 is 1.32 bits per heavy atom. The van der Waals surface area contributed by atoms with Crippen LogP contribution in [-0.2, 0) is 4.79 Å². The molecular formula is C15H23BrN2O. The minimum absolute atomic E-state index is 0.0741. The summed E-state index contributed by atoms with van der Waals surface area (Å²) in [6, 6.07) is 7.66. The van der Waals surface area contributed by atoms with Crippen LogP contribution < -0.4 is 11.1 Å². The summed E-state index contributed by atoms with van der Waals surface area (Å²) in [6.07, 6.45) is 4.79. The average molecular weight is 327 g/mol. The van der Waals surface area contributed by atoms with E-state index >= 15 is 0 Å². The summed E-state index contributed by atoms with van der Waals surface area (Å²) in [7, 11) is 0. The maximum atomic E-state index is 11.9.